The van der Waals surface area contributed by atoms with E-state index in [1.807, 2.05) is 6.92 Å². The molecule has 1 rings (SSSR count). The number of aromatic nitrogens is 1. The highest BCUT2D eigenvalue weighted by Gasteiger charge is 2.30. The van der Waals surface area contributed by atoms with E-state index in [-0.39, 0.29) is 5.82 Å². The Labute approximate surface area is 110 Å². The lowest BCUT2D eigenvalue weighted by atomic mass is 10.1. The van der Waals surface area contributed by atoms with Gasteiger partial charge in [-0.1, -0.05) is 6.92 Å². The Balaban J connectivity index is 2.43. The summed E-state index contributed by atoms with van der Waals surface area (Å²) in [6, 6.07) is 1.98. The van der Waals surface area contributed by atoms with Gasteiger partial charge in [0.15, 0.2) is 0 Å². The second-order valence-corrected chi connectivity index (χ2v) is 4.56. The van der Waals surface area contributed by atoms with Gasteiger partial charge in [0.25, 0.3) is 0 Å². The minimum Gasteiger partial charge on any atom is -0.370 e. The second-order valence-electron chi connectivity index (χ2n) is 4.26. The quantitative estimate of drug-likeness (QED) is 0.625. The first-order valence-electron chi connectivity index (χ1n) is 5.76. The van der Waals surface area contributed by atoms with Crippen LogP contribution < -0.4 is 5.32 Å². The molecule has 18 heavy (non-hydrogen) atoms. The number of pyridine rings is 1. The fourth-order valence-corrected chi connectivity index (χ4v) is 1.60. The summed E-state index contributed by atoms with van der Waals surface area (Å²) in [5, 5.41) is 2.88. The second kappa shape index (κ2) is 6.83. The minimum atomic E-state index is -4.33. The molecule has 1 aromatic heterocycles. The molecule has 0 amide bonds. The largest absolute Gasteiger partial charge is 0.416 e. The monoisotopic (exact) mass is 280 g/mol. The molecule has 0 aliphatic heterocycles. The van der Waals surface area contributed by atoms with E-state index in [1.165, 1.54) is 0 Å². The maximum absolute atomic E-state index is 12.4. The van der Waals surface area contributed by atoms with Gasteiger partial charge in [-0.25, -0.2) is 4.98 Å². The molecule has 1 unspecified atom stereocenters. The molecule has 1 N–H and O–H groups in total. The van der Waals surface area contributed by atoms with Gasteiger partial charge in [0.05, 0.1) is 5.56 Å². The summed E-state index contributed by atoms with van der Waals surface area (Å²) in [4.78, 5) is 3.85. The number of hydrogen-bond donors (Lipinski definition) is 1. The zero-order chi connectivity index (χ0) is 13.6. The highest BCUT2D eigenvalue weighted by Crippen LogP contribution is 2.29. The Morgan fingerprint density at radius 1 is 1.44 bits per heavy atom. The topological polar surface area (TPSA) is 24.9 Å². The van der Waals surface area contributed by atoms with Crippen molar-refractivity contribution in [3.05, 3.63) is 23.9 Å². The number of hydrogen-bond acceptors (Lipinski definition) is 2. The van der Waals surface area contributed by atoms with E-state index in [0.29, 0.717) is 18.3 Å². The lowest BCUT2D eigenvalue weighted by Gasteiger charge is -2.10. The first-order valence-corrected chi connectivity index (χ1v) is 6.30. The normalized spacial score (nSPS) is 13.4. The lowest BCUT2D eigenvalue weighted by Crippen LogP contribution is -2.09. The van der Waals surface area contributed by atoms with Crippen LogP contribution in [0.5, 0.6) is 0 Å². The first kappa shape index (κ1) is 15.1. The number of nitrogens with zero attached hydrogens (tertiary/aromatic N) is 1. The molecule has 1 atom stereocenters. The standard InChI is InChI=1S/C12H16ClF3N2/c1-9(8-13)3-2-5-17-11-7-10(4-6-18-11)12(14,15)16/h4,6-7,9H,2-3,5,8H2,1H3,(H,17,18). The fraction of sp³-hybridized carbons (Fsp3) is 0.583. The van der Waals surface area contributed by atoms with Crippen LogP contribution in [0.2, 0.25) is 0 Å². The van der Waals surface area contributed by atoms with Gasteiger partial charge < -0.3 is 5.32 Å². The molecule has 102 valence electrons. The molecule has 0 spiro atoms. The summed E-state index contributed by atoms with van der Waals surface area (Å²) in [6.45, 7) is 2.63. The molecule has 0 saturated carbocycles. The predicted octanol–water partition coefficient (Wildman–Crippen LogP) is 4.17. The van der Waals surface area contributed by atoms with Gasteiger partial charge in [0, 0.05) is 18.6 Å². The van der Waals surface area contributed by atoms with Gasteiger partial charge in [-0.3, -0.25) is 0 Å². The predicted molar refractivity (Wildman–Crippen MR) is 66.8 cm³/mol. The lowest BCUT2D eigenvalue weighted by molar-refractivity contribution is -0.137. The van der Waals surface area contributed by atoms with Gasteiger partial charge in [-0.15, -0.1) is 11.6 Å². The Bertz CT molecular complexity index is 369. The zero-order valence-electron chi connectivity index (χ0n) is 10.1. The van der Waals surface area contributed by atoms with Crippen molar-refractivity contribution < 1.29 is 13.2 Å². The van der Waals surface area contributed by atoms with Gasteiger partial charge in [0.1, 0.15) is 5.82 Å². The van der Waals surface area contributed by atoms with Crippen LogP contribution in [0.15, 0.2) is 18.3 Å². The average Bonchev–Trinajstić information content (AvgIpc) is 2.33. The highest BCUT2D eigenvalue weighted by atomic mass is 35.5. The first-order chi connectivity index (χ1) is 8.43. The molecule has 0 saturated heterocycles. The Morgan fingerprint density at radius 2 is 2.17 bits per heavy atom. The maximum Gasteiger partial charge on any atom is 0.416 e. The van der Waals surface area contributed by atoms with Crippen molar-refractivity contribution in [3.8, 4) is 0 Å². The molecule has 0 radical (unpaired) electrons. The third-order valence-corrected chi connectivity index (χ3v) is 3.06. The van der Waals surface area contributed by atoms with E-state index in [2.05, 4.69) is 10.3 Å². The van der Waals surface area contributed by atoms with Gasteiger partial charge in [0.2, 0.25) is 0 Å². The van der Waals surface area contributed by atoms with Crippen molar-refractivity contribution in [1.82, 2.24) is 4.98 Å². The number of nitrogens with one attached hydrogen (secondary N) is 1. The SMILES string of the molecule is CC(CCl)CCCNc1cc(C(F)(F)F)ccn1. The summed E-state index contributed by atoms with van der Waals surface area (Å²) in [5.41, 5.74) is -0.686. The zero-order valence-corrected chi connectivity index (χ0v) is 10.9. The van der Waals surface area contributed by atoms with E-state index in [4.69, 9.17) is 11.6 Å². The van der Waals surface area contributed by atoms with Crippen molar-refractivity contribution in [2.75, 3.05) is 17.7 Å². The number of alkyl halides is 4. The average molecular weight is 281 g/mol. The van der Waals surface area contributed by atoms with Gasteiger partial charge in [-0.05, 0) is 30.9 Å². The molecule has 2 nitrogen and oxygen atoms in total. The highest BCUT2D eigenvalue weighted by molar-refractivity contribution is 6.18. The summed E-state index contributed by atoms with van der Waals surface area (Å²) < 4.78 is 37.3. The number of rotatable bonds is 6. The molecular weight excluding hydrogens is 265 g/mol. The van der Waals surface area contributed by atoms with Crippen molar-refractivity contribution in [3.63, 3.8) is 0 Å². The van der Waals surface area contributed by atoms with E-state index in [1.54, 1.807) is 0 Å². The molecule has 0 aliphatic carbocycles. The molecule has 0 aliphatic rings. The summed E-state index contributed by atoms with van der Waals surface area (Å²) in [5.74, 6) is 1.27. The Kier molecular flexibility index (Phi) is 5.72. The summed E-state index contributed by atoms with van der Waals surface area (Å²) in [6.07, 6.45) is -1.37. The third kappa shape index (κ3) is 5.12. The maximum atomic E-state index is 12.4. The number of anilines is 1. The molecule has 1 aromatic rings. The molecule has 0 fully saturated rings. The van der Waals surface area contributed by atoms with E-state index < -0.39 is 11.7 Å². The van der Waals surface area contributed by atoms with Crippen LogP contribution in [-0.4, -0.2) is 17.4 Å². The van der Waals surface area contributed by atoms with Crippen LogP contribution in [-0.2, 0) is 6.18 Å². The Morgan fingerprint density at radius 3 is 2.78 bits per heavy atom. The summed E-state index contributed by atoms with van der Waals surface area (Å²) in [7, 11) is 0. The van der Waals surface area contributed by atoms with Gasteiger partial charge in [-0.2, -0.15) is 13.2 Å². The smallest absolute Gasteiger partial charge is 0.370 e. The van der Waals surface area contributed by atoms with E-state index in [0.717, 1.165) is 31.2 Å². The van der Waals surface area contributed by atoms with Crippen molar-refractivity contribution in [2.24, 2.45) is 5.92 Å². The van der Waals surface area contributed by atoms with Crippen molar-refractivity contribution in [1.29, 1.82) is 0 Å². The van der Waals surface area contributed by atoms with E-state index >= 15 is 0 Å². The third-order valence-electron chi connectivity index (χ3n) is 2.53. The van der Waals surface area contributed by atoms with Crippen LogP contribution >= 0.6 is 11.6 Å². The van der Waals surface area contributed by atoms with Gasteiger partial charge >= 0.3 is 6.18 Å². The Hall–Kier alpha value is -0.970. The van der Waals surface area contributed by atoms with Crippen molar-refractivity contribution in [2.45, 2.75) is 25.9 Å². The van der Waals surface area contributed by atoms with Crippen LogP contribution in [0.25, 0.3) is 0 Å². The molecular formula is C12H16ClF3N2. The van der Waals surface area contributed by atoms with Crippen LogP contribution in [0.4, 0.5) is 19.0 Å². The molecule has 1 heterocycles. The van der Waals surface area contributed by atoms with Crippen LogP contribution in [0.1, 0.15) is 25.3 Å². The minimum absolute atomic E-state index is 0.253. The fourth-order valence-electron chi connectivity index (χ4n) is 1.45. The number of halogens is 4. The van der Waals surface area contributed by atoms with E-state index in [9.17, 15) is 13.2 Å². The molecule has 0 aromatic carbocycles. The van der Waals surface area contributed by atoms with Crippen molar-refractivity contribution >= 4 is 17.4 Å². The summed E-state index contributed by atoms with van der Waals surface area (Å²) >= 11 is 5.66. The van der Waals surface area contributed by atoms with Crippen LogP contribution in [0, 0.1) is 5.92 Å². The van der Waals surface area contributed by atoms with Crippen LogP contribution in [0.3, 0.4) is 0 Å². The molecule has 0 bridgehead atoms. The molecule has 6 heteroatoms.